The molecule has 0 saturated carbocycles. The maximum Gasteiger partial charge on any atom is 0.238 e. The average molecular weight is 286 g/mol. The Morgan fingerprint density at radius 3 is 3.16 bits per heavy atom. The number of carbonyl (C=O) groups is 1. The van der Waals surface area contributed by atoms with Crippen LogP contribution in [0.4, 0.5) is 4.39 Å². The Balaban J connectivity index is 2.15. The molecule has 4 nitrogen and oxygen atoms in total. The number of halogens is 2. The highest BCUT2D eigenvalue weighted by molar-refractivity contribution is 6.30. The molecule has 0 spiro atoms. The molecule has 0 aromatic heterocycles. The summed E-state index contributed by atoms with van der Waals surface area (Å²) >= 11 is 5.88. The summed E-state index contributed by atoms with van der Waals surface area (Å²) in [5.41, 5.74) is 0.517. The van der Waals surface area contributed by atoms with Crippen molar-refractivity contribution in [2.24, 2.45) is 0 Å². The van der Waals surface area contributed by atoms with E-state index in [0.29, 0.717) is 30.2 Å². The summed E-state index contributed by atoms with van der Waals surface area (Å²) in [5, 5.41) is 6.31. The van der Waals surface area contributed by atoms with Crippen molar-refractivity contribution in [2.75, 3.05) is 26.7 Å². The third kappa shape index (κ3) is 3.43. The smallest absolute Gasteiger partial charge is 0.238 e. The first-order chi connectivity index (χ1) is 9.11. The molecule has 1 aromatic rings. The molecule has 1 aliphatic rings. The van der Waals surface area contributed by atoms with Crippen LogP contribution in [0.5, 0.6) is 0 Å². The SMILES string of the molecule is CNC(=O)C1CNCCN1Cc1cc(Cl)ccc1F. The van der Waals surface area contributed by atoms with Crippen molar-refractivity contribution in [1.82, 2.24) is 15.5 Å². The van der Waals surface area contributed by atoms with Gasteiger partial charge in [0.25, 0.3) is 0 Å². The molecule has 1 saturated heterocycles. The van der Waals surface area contributed by atoms with E-state index in [4.69, 9.17) is 11.6 Å². The van der Waals surface area contributed by atoms with Crippen molar-refractivity contribution in [3.05, 3.63) is 34.6 Å². The number of hydrogen-bond acceptors (Lipinski definition) is 3. The molecule has 1 amide bonds. The third-order valence-corrected chi connectivity index (χ3v) is 3.52. The number of nitrogens with one attached hydrogen (secondary N) is 2. The van der Waals surface area contributed by atoms with Crippen molar-refractivity contribution >= 4 is 17.5 Å². The second kappa shape index (κ2) is 6.32. The summed E-state index contributed by atoms with van der Waals surface area (Å²) in [4.78, 5) is 13.8. The molecule has 1 aromatic carbocycles. The van der Waals surface area contributed by atoms with E-state index in [9.17, 15) is 9.18 Å². The zero-order valence-electron chi connectivity index (χ0n) is 10.7. The van der Waals surface area contributed by atoms with Gasteiger partial charge in [-0.15, -0.1) is 0 Å². The van der Waals surface area contributed by atoms with Gasteiger partial charge < -0.3 is 10.6 Å². The molecule has 1 fully saturated rings. The van der Waals surface area contributed by atoms with E-state index in [1.54, 1.807) is 13.1 Å². The number of nitrogens with zero attached hydrogens (tertiary/aromatic N) is 1. The van der Waals surface area contributed by atoms with Crippen LogP contribution in [0, 0.1) is 5.82 Å². The third-order valence-electron chi connectivity index (χ3n) is 3.28. The van der Waals surface area contributed by atoms with E-state index >= 15 is 0 Å². The van der Waals surface area contributed by atoms with Gasteiger partial charge in [-0.1, -0.05) is 11.6 Å². The van der Waals surface area contributed by atoms with Crippen LogP contribution in [-0.4, -0.2) is 43.5 Å². The summed E-state index contributed by atoms with van der Waals surface area (Å²) < 4.78 is 13.7. The van der Waals surface area contributed by atoms with Gasteiger partial charge >= 0.3 is 0 Å². The van der Waals surface area contributed by atoms with Crippen LogP contribution in [0.15, 0.2) is 18.2 Å². The molecule has 1 aliphatic heterocycles. The number of hydrogen-bond donors (Lipinski definition) is 2. The molecular formula is C13H17ClFN3O. The topological polar surface area (TPSA) is 44.4 Å². The monoisotopic (exact) mass is 285 g/mol. The molecule has 2 rings (SSSR count). The first-order valence-corrected chi connectivity index (χ1v) is 6.60. The summed E-state index contributed by atoms with van der Waals surface area (Å²) in [6.45, 7) is 2.44. The molecule has 1 atom stereocenters. The maximum absolute atomic E-state index is 13.7. The lowest BCUT2D eigenvalue weighted by molar-refractivity contribution is -0.126. The second-order valence-corrected chi connectivity index (χ2v) is 4.98. The van der Waals surface area contributed by atoms with Gasteiger partial charge in [-0.3, -0.25) is 9.69 Å². The molecule has 19 heavy (non-hydrogen) atoms. The average Bonchev–Trinajstić information content (AvgIpc) is 2.42. The Bertz CT molecular complexity index is 469. The molecule has 1 unspecified atom stereocenters. The van der Waals surface area contributed by atoms with Gasteiger partial charge in [-0.2, -0.15) is 0 Å². The quantitative estimate of drug-likeness (QED) is 0.871. The van der Waals surface area contributed by atoms with Gasteiger partial charge in [0, 0.05) is 43.8 Å². The predicted molar refractivity (Wildman–Crippen MR) is 72.5 cm³/mol. The van der Waals surface area contributed by atoms with Crippen LogP contribution in [0.1, 0.15) is 5.56 Å². The van der Waals surface area contributed by atoms with Gasteiger partial charge in [-0.05, 0) is 18.2 Å². The number of amides is 1. The number of benzene rings is 1. The number of piperazine rings is 1. The zero-order chi connectivity index (χ0) is 13.8. The first kappa shape index (κ1) is 14.2. The minimum Gasteiger partial charge on any atom is -0.358 e. The minimum absolute atomic E-state index is 0.0605. The van der Waals surface area contributed by atoms with Crippen LogP contribution in [0.2, 0.25) is 5.02 Å². The summed E-state index contributed by atoms with van der Waals surface area (Å²) in [6, 6.07) is 4.21. The molecule has 0 aliphatic carbocycles. The lowest BCUT2D eigenvalue weighted by atomic mass is 10.1. The first-order valence-electron chi connectivity index (χ1n) is 6.22. The summed E-state index contributed by atoms with van der Waals surface area (Å²) in [7, 11) is 1.61. The van der Waals surface area contributed by atoms with Crippen molar-refractivity contribution in [3.8, 4) is 0 Å². The fraction of sp³-hybridized carbons (Fsp3) is 0.462. The molecule has 0 radical (unpaired) electrons. The Morgan fingerprint density at radius 1 is 1.63 bits per heavy atom. The zero-order valence-corrected chi connectivity index (χ0v) is 11.5. The lowest BCUT2D eigenvalue weighted by Gasteiger charge is -2.34. The lowest BCUT2D eigenvalue weighted by Crippen LogP contribution is -2.56. The van der Waals surface area contributed by atoms with Crippen LogP contribution in [-0.2, 0) is 11.3 Å². The van der Waals surface area contributed by atoms with Crippen LogP contribution >= 0.6 is 11.6 Å². The molecule has 2 N–H and O–H groups in total. The van der Waals surface area contributed by atoms with E-state index in [-0.39, 0.29) is 17.8 Å². The van der Waals surface area contributed by atoms with Crippen molar-refractivity contribution in [3.63, 3.8) is 0 Å². The Hall–Kier alpha value is -1.17. The van der Waals surface area contributed by atoms with Crippen LogP contribution in [0.3, 0.4) is 0 Å². The summed E-state index contributed by atoms with van der Waals surface area (Å²) in [6.07, 6.45) is 0. The van der Waals surface area contributed by atoms with Gasteiger partial charge in [0.05, 0.1) is 0 Å². The van der Waals surface area contributed by atoms with Gasteiger partial charge in [0.15, 0.2) is 0 Å². The minimum atomic E-state index is -0.293. The van der Waals surface area contributed by atoms with E-state index in [2.05, 4.69) is 10.6 Å². The number of rotatable bonds is 3. The Morgan fingerprint density at radius 2 is 2.42 bits per heavy atom. The Kier molecular flexibility index (Phi) is 4.74. The second-order valence-electron chi connectivity index (χ2n) is 4.54. The highest BCUT2D eigenvalue weighted by Crippen LogP contribution is 2.18. The van der Waals surface area contributed by atoms with E-state index < -0.39 is 0 Å². The van der Waals surface area contributed by atoms with Gasteiger partial charge in [0.1, 0.15) is 11.9 Å². The molecule has 6 heteroatoms. The number of carbonyl (C=O) groups excluding carboxylic acids is 1. The van der Waals surface area contributed by atoms with Crippen molar-refractivity contribution in [2.45, 2.75) is 12.6 Å². The highest BCUT2D eigenvalue weighted by Gasteiger charge is 2.28. The normalized spacial score (nSPS) is 20.3. The maximum atomic E-state index is 13.7. The van der Waals surface area contributed by atoms with Crippen molar-refractivity contribution in [1.29, 1.82) is 0 Å². The van der Waals surface area contributed by atoms with E-state index in [0.717, 1.165) is 6.54 Å². The summed E-state index contributed by atoms with van der Waals surface area (Å²) in [5.74, 6) is -0.353. The fourth-order valence-electron chi connectivity index (χ4n) is 2.24. The molecule has 104 valence electrons. The highest BCUT2D eigenvalue weighted by atomic mass is 35.5. The fourth-order valence-corrected chi connectivity index (χ4v) is 2.44. The van der Waals surface area contributed by atoms with Crippen LogP contribution in [0.25, 0.3) is 0 Å². The predicted octanol–water partition coefficient (Wildman–Crippen LogP) is 0.999. The van der Waals surface area contributed by atoms with Crippen LogP contribution < -0.4 is 10.6 Å². The van der Waals surface area contributed by atoms with Crippen molar-refractivity contribution < 1.29 is 9.18 Å². The van der Waals surface area contributed by atoms with E-state index in [1.165, 1.54) is 12.1 Å². The Labute approximate surface area is 116 Å². The van der Waals surface area contributed by atoms with Gasteiger partial charge in [-0.25, -0.2) is 4.39 Å². The van der Waals surface area contributed by atoms with E-state index in [1.807, 2.05) is 4.90 Å². The molecule has 1 heterocycles. The molecule has 0 bridgehead atoms. The number of likely N-dealkylation sites (N-methyl/N-ethyl adjacent to an activating group) is 1. The van der Waals surface area contributed by atoms with Gasteiger partial charge in [0.2, 0.25) is 5.91 Å². The largest absolute Gasteiger partial charge is 0.358 e. The standard InChI is InChI=1S/C13H17ClFN3O/c1-16-13(19)12-7-17-4-5-18(12)8-9-6-10(14)2-3-11(9)15/h2-3,6,12,17H,4-5,7-8H2,1H3,(H,16,19). The molecular weight excluding hydrogens is 269 g/mol.